The van der Waals surface area contributed by atoms with Gasteiger partial charge in [-0.05, 0) is 59.0 Å². The lowest BCUT2D eigenvalue weighted by atomic mass is 9.97. The summed E-state index contributed by atoms with van der Waals surface area (Å²) in [7, 11) is 0. The van der Waals surface area contributed by atoms with Gasteiger partial charge in [0.05, 0.1) is 11.0 Å². The van der Waals surface area contributed by atoms with Crippen molar-refractivity contribution in [3.63, 3.8) is 0 Å². The van der Waals surface area contributed by atoms with Crippen molar-refractivity contribution < 1.29 is 0 Å². The number of para-hydroxylation sites is 3. The highest BCUT2D eigenvalue weighted by atomic mass is 15.0. The molecule has 248 valence electrons. The lowest BCUT2D eigenvalue weighted by Gasteiger charge is -2.18. The highest BCUT2D eigenvalue weighted by Crippen LogP contribution is 2.41. The van der Waals surface area contributed by atoms with Gasteiger partial charge in [0.25, 0.3) is 0 Å². The molecule has 0 fully saturated rings. The molecule has 4 heteroatoms. The summed E-state index contributed by atoms with van der Waals surface area (Å²) in [5, 5.41) is 8.58. The number of hydrogen-bond donors (Lipinski definition) is 2. The smallest absolute Gasteiger partial charge is 0.102 e. The number of nitrogens with zero attached hydrogens (tertiary/aromatic N) is 2. The van der Waals surface area contributed by atoms with Crippen molar-refractivity contribution in [2.75, 3.05) is 11.1 Å². The molecule has 1 heterocycles. The number of nitrogen functional groups attached to an aromatic ring is 1. The van der Waals surface area contributed by atoms with Crippen molar-refractivity contribution in [2.24, 2.45) is 4.99 Å². The molecule has 0 spiro atoms. The van der Waals surface area contributed by atoms with Gasteiger partial charge in [-0.15, -0.1) is 0 Å². The number of aliphatic imine (C=N–C) groups is 1. The van der Waals surface area contributed by atoms with E-state index in [9.17, 15) is 0 Å². The fourth-order valence-corrected chi connectivity index (χ4v) is 7.42. The van der Waals surface area contributed by atoms with Gasteiger partial charge in [0, 0.05) is 61.8 Å². The lowest BCUT2D eigenvalue weighted by Crippen LogP contribution is -2.03. The average molecular weight is 669 g/mol. The number of aromatic nitrogens is 1. The predicted molar refractivity (Wildman–Crippen MR) is 220 cm³/mol. The van der Waals surface area contributed by atoms with Crippen molar-refractivity contribution in [1.82, 2.24) is 4.57 Å². The van der Waals surface area contributed by atoms with Gasteiger partial charge in [0.1, 0.15) is 6.04 Å². The van der Waals surface area contributed by atoms with Crippen LogP contribution in [0.5, 0.6) is 0 Å². The van der Waals surface area contributed by atoms with Crippen LogP contribution < -0.4 is 11.1 Å². The van der Waals surface area contributed by atoms with Crippen LogP contribution in [-0.4, -0.2) is 10.8 Å². The van der Waals surface area contributed by atoms with E-state index in [4.69, 9.17) is 10.7 Å². The molecule has 3 N–H and O–H groups in total. The van der Waals surface area contributed by atoms with E-state index < -0.39 is 0 Å². The molecule has 9 aromatic rings. The molecule has 0 bridgehead atoms. The summed E-state index contributed by atoms with van der Waals surface area (Å²) < 4.78 is 2.37. The molecule has 52 heavy (non-hydrogen) atoms. The van der Waals surface area contributed by atoms with Gasteiger partial charge in [-0.3, -0.25) is 4.99 Å². The fraction of sp³-hybridized carbons (Fsp3) is 0.0208. The molecule has 8 aromatic carbocycles. The number of benzene rings is 8. The third-order valence-electron chi connectivity index (χ3n) is 9.91. The summed E-state index contributed by atoms with van der Waals surface area (Å²) in [6, 6.07) is 65.6. The third kappa shape index (κ3) is 5.66. The van der Waals surface area contributed by atoms with Crippen molar-refractivity contribution in [2.45, 2.75) is 6.04 Å². The molecule has 0 saturated carbocycles. The normalized spacial score (nSPS) is 12.2. The summed E-state index contributed by atoms with van der Waals surface area (Å²) in [6.45, 7) is 0. The Morgan fingerprint density at radius 3 is 1.92 bits per heavy atom. The fourth-order valence-electron chi connectivity index (χ4n) is 7.42. The first kappa shape index (κ1) is 31.1. The molecule has 1 unspecified atom stereocenters. The summed E-state index contributed by atoms with van der Waals surface area (Å²) >= 11 is 0. The minimum absolute atomic E-state index is 0.226. The number of anilines is 3. The quantitative estimate of drug-likeness (QED) is 0.125. The predicted octanol–water partition coefficient (Wildman–Crippen LogP) is 12.1. The Labute approximate surface area is 303 Å². The van der Waals surface area contributed by atoms with Gasteiger partial charge in [0.15, 0.2) is 0 Å². The van der Waals surface area contributed by atoms with Crippen LogP contribution >= 0.6 is 0 Å². The number of nitrogens with one attached hydrogen (secondary N) is 1. The first-order valence-corrected chi connectivity index (χ1v) is 17.6. The number of hydrogen-bond acceptors (Lipinski definition) is 3. The van der Waals surface area contributed by atoms with E-state index in [0.717, 1.165) is 66.9 Å². The molecule has 9 rings (SSSR count). The van der Waals surface area contributed by atoms with E-state index in [1.807, 2.05) is 42.6 Å². The van der Waals surface area contributed by atoms with Gasteiger partial charge in [-0.1, -0.05) is 146 Å². The van der Waals surface area contributed by atoms with Crippen LogP contribution in [0.15, 0.2) is 193 Å². The summed E-state index contributed by atoms with van der Waals surface area (Å²) in [5.41, 5.74) is 18.2. The third-order valence-corrected chi connectivity index (χ3v) is 9.91. The molecular formula is C48H36N4. The number of fused-ring (bicyclic) bond motifs is 4. The standard InChI is InChI=1S/C48H36N4/c49-43-26-14-12-25-40(43)48(34-18-6-2-7-19-34)50-32-35-28-29-44(38-23-11-10-22-37(35)38)51-45-31-47-42(30-41(45)33-16-4-1-5-17-33)39-24-13-15-27-46(39)52(47)36-20-8-3-9-21-36/h1-32,48,51H,49H2. The molecular weight excluding hydrogens is 633 g/mol. The van der Waals surface area contributed by atoms with Gasteiger partial charge in [-0.25, -0.2) is 0 Å². The minimum atomic E-state index is -0.226. The highest BCUT2D eigenvalue weighted by molar-refractivity contribution is 6.13. The van der Waals surface area contributed by atoms with Crippen LogP contribution in [0, 0.1) is 0 Å². The van der Waals surface area contributed by atoms with Crippen LogP contribution in [0.25, 0.3) is 49.4 Å². The topological polar surface area (TPSA) is 55.3 Å². The molecule has 0 amide bonds. The maximum atomic E-state index is 6.48. The van der Waals surface area contributed by atoms with Crippen LogP contribution in [0.3, 0.4) is 0 Å². The minimum Gasteiger partial charge on any atom is -0.398 e. The second-order valence-electron chi connectivity index (χ2n) is 13.1. The molecule has 0 radical (unpaired) electrons. The zero-order valence-corrected chi connectivity index (χ0v) is 28.5. The first-order valence-electron chi connectivity index (χ1n) is 17.6. The van der Waals surface area contributed by atoms with E-state index in [2.05, 4.69) is 162 Å². The van der Waals surface area contributed by atoms with E-state index in [0.29, 0.717) is 0 Å². The Morgan fingerprint density at radius 1 is 0.519 bits per heavy atom. The van der Waals surface area contributed by atoms with Crippen LogP contribution in [-0.2, 0) is 0 Å². The Hall–Kier alpha value is -6.91. The maximum absolute atomic E-state index is 6.48. The zero-order valence-electron chi connectivity index (χ0n) is 28.5. The Kier molecular flexibility index (Phi) is 8.03. The molecule has 1 atom stereocenters. The Morgan fingerprint density at radius 2 is 1.15 bits per heavy atom. The maximum Gasteiger partial charge on any atom is 0.102 e. The van der Waals surface area contributed by atoms with E-state index in [1.54, 1.807) is 0 Å². The average Bonchev–Trinajstić information content (AvgIpc) is 3.53. The van der Waals surface area contributed by atoms with E-state index >= 15 is 0 Å². The van der Waals surface area contributed by atoms with Crippen molar-refractivity contribution in [3.8, 4) is 16.8 Å². The van der Waals surface area contributed by atoms with Crippen LogP contribution in [0.1, 0.15) is 22.7 Å². The molecule has 0 saturated heterocycles. The first-order chi connectivity index (χ1) is 25.7. The summed E-state index contributed by atoms with van der Waals surface area (Å²) in [4.78, 5) is 5.18. The van der Waals surface area contributed by atoms with Gasteiger partial charge < -0.3 is 15.6 Å². The van der Waals surface area contributed by atoms with Crippen molar-refractivity contribution in [1.29, 1.82) is 0 Å². The van der Waals surface area contributed by atoms with Crippen molar-refractivity contribution in [3.05, 3.63) is 205 Å². The van der Waals surface area contributed by atoms with Gasteiger partial charge in [-0.2, -0.15) is 0 Å². The monoisotopic (exact) mass is 668 g/mol. The Balaban J connectivity index is 1.19. The van der Waals surface area contributed by atoms with E-state index in [-0.39, 0.29) is 6.04 Å². The van der Waals surface area contributed by atoms with Gasteiger partial charge >= 0.3 is 0 Å². The summed E-state index contributed by atoms with van der Waals surface area (Å²) in [6.07, 6.45) is 2.00. The van der Waals surface area contributed by atoms with E-state index in [1.165, 1.54) is 16.3 Å². The van der Waals surface area contributed by atoms with Crippen LogP contribution in [0.4, 0.5) is 17.1 Å². The molecule has 1 aromatic heterocycles. The zero-order chi connectivity index (χ0) is 34.9. The number of rotatable bonds is 8. The molecule has 0 aliphatic rings. The van der Waals surface area contributed by atoms with Crippen molar-refractivity contribution >= 4 is 55.9 Å². The summed E-state index contributed by atoms with van der Waals surface area (Å²) in [5.74, 6) is 0. The van der Waals surface area contributed by atoms with Gasteiger partial charge in [0.2, 0.25) is 0 Å². The second kappa shape index (κ2) is 13.4. The molecule has 0 aliphatic carbocycles. The highest BCUT2D eigenvalue weighted by Gasteiger charge is 2.18. The Bertz CT molecular complexity index is 2710. The second-order valence-corrected chi connectivity index (χ2v) is 13.1. The largest absolute Gasteiger partial charge is 0.398 e. The lowest BCUT2D eigenvalue weighted by molar-refractivity contribution is 0.881. The molecule has 0 aliphatic heterocycles. The van der Waals surface area contributed by atoms with Crippen LogP contribution in [0.2, 0.25) is 0 Å². The number of nitrogens with two attached hydrogens (primary N) is 1. The molecule has 4 nitrogen and oxygen atoms in total. The SMILES string of the molecule is Nc1ccccc1C(N=Cc1ccc(Nc2cc3c(cc2-c2ccccc2)c2ccccc2n3-c2ccccc2)c2ccccc12)c1ccccc1.